The fraction of sp³-hybridized carbons (Fsp3) is 0.0196. The molecule has 5 heteroatoms. The van der Waals surface area contributed by atoms with Crippen LogP contribution >= 0.6 is 0 Å². The Labute approximate surface area is 323 Å². The molecule has 10 aromatic rings. The van der Waals surface area contributed by atoms with Crippen LogP contribution in [0.5, 0.6) is 5.75 Å². The van der Waals surface area contributed by atoms with Crippen molar-refractivity contribution in [1.29, 1.82) is 0 Å². The van der Waals surface area contributed by atoms with E-state index in [0.717, 1.165) is 95.0 Å². The third-order valence-corrected chi connectivity index (χ3v) is 10.3. The number of hydrogen-bond donors (Lipinski definition) is 1. The molecule has 0 aliphatic heterocycles. The summed E-state index contributed by atoms with van der Waals surface area (Å²) in [6.07, 6.45) is 0. The summed E-state index contributed by atoms with van der Waals surface area (Å²) in [5.74, 6) is 1.70. The van der Waals surface area contributed by atoms with Crippen molar-refractivity contribution in [2.24, 2.45) is 0 Å². The molecule has 4 aromatic heterocycles. The number of aryl methyl sites for hydroxylation is 1. The number of phenols is 1. The van der Waals surface area contributed by atoms with E-state index in [1.807, 2.05) is 128 Å². The van der Waals surface area contributed by atoms with Crippen LogP contribution in [0.3, 0.4) is 0 Å². The van der Waals surface area contributed by atoms with Gasteiger partial charge in [-0.1, -0.05) is 109 Å². The minimum atomic E-state index is 0.177. The Kier molecular flexibility index (Phi) is 8.11. The van der Waals surface area contributed by atoms with Gasteiger partial charge >= 0.3 is 0 Å². The lowest BCUT2D eigenvalue weighted by Gasteiger charge is -2.13. The van der Waals surface area contributed by atoms with Crippen molar-refractivity contribution in [3.63, 3.8) is 0 Å². The second-order valence-electron chi connectivity index (χ2n) is 14.0. The molecule has 10 rings (SSSR count). The van der Waals surface area contributed by atoms with Crippen LogP contribution in [0.1, 0.15) is 5.69 Å². The summed E-state index contributed by atoms with van der Waals surface area (Å²) in [6, 6.07) is 61.0. The van der Waals surface area contributed by atoms with Gasteiger partial charge in [-0.15, -0.1) is 0 Å². The Morgan fingerprint density at radius 2 is 0.982 bits per heavy atom. The molecule has 0 unspecified atom stereocenters. The fourth-order valence-corrected chi connectivity index (χ4v) is 7.50. The number of phenolic OH excluding ortho intramolecular Hbond substituents is 1. The second kappa shape index (κ2) is 13.7. The van der Waals surface area contributed by atoms with Crippen molar-refractivity contribution in [2.75, 3.05) is 0 Å². The third-order valence-electron chi connectivity index (χ3n) is 10.3. The number of aromatic nitrogens is 2. The first-order chi connectivity index (χ1) is 27.5. The molecular weight excluding hydrogens is 689 g/mol. The highest BCUT2D eigenvalue weighted by Crippen LogP contribution is 2.38. The zero-order valence-electron chi connectivity index (χ0n) is 30.5. The number of hydrogen-bond acceptors (Lipinski definition) is 5. The average molecular weight is 723 g/mol. The van der Waals surface area contributed by atoms with Crippen LogP contribution in [0, 0.1) is 6.92 Å². The summed E-state index contributed by atoms with van der Waals surface area (Å²) in [5, 5.41) is 13.5. The van der Waals surface area contributed by atoms with E-state index in [1.54, 1.807) is 0 Å². The molecular formula is C51H34N2O3. The van der Waals surface area contributed by atoms with Crippen molar-refractivity contribution in [3.05, 3.63) is 188 Å². The van der Waals surface area contributed by atoms with Gasteiger partial charge in [-0.25, -0.2) is 4.98 Å². The van der Waals surface area contributed by atoms with Gasteiger partial charge in [-0.3, -0.25) is 4.98 Å². The summed E-state index contributed by atoms with van der Waals surface area (Å²) in [4.78, 5) is 10.1. The first kappa shape index (κ1) is 33.1. The van der Waals surface area contributed by atoms with Crippen LogP contribution < -0.4 is 0 Å². The maximum atomic E-state index is 11.3. The Morgan fingerprint density at radius 1 is 0.375 bits per heavy atom. The lowest BCUT2D eigenvalue weighted by molar-refractivity contribution is 0.477. The van der Waals surface area contributed by atoms with Gasteiger partial charge in [-0.2, -0.15) is 0 Å². The number of nitrogens with zero attached hydrogens (tertiary/aromatic N) is 2. The van der Waals surface area contributed by atoms with E-state index >= 15 is 0 Å². The van der Waals surface area contributed by atoms with Crippen LogP contribution in [-0.4, -0.2) is 15.1 Å². The maximum Gasteiger partial charge on any atom is 0.136 e. The number of benzene rings is 6. The van der Waals surface area contributed by atoms with Gasteiger partial charge in [0.25, 0.3) is 0 Å². The van der Waals surface area contributed by atoms with Crippen LogP contribution in [0.2, 0.25) is 0 Å². The smallest absolute Gasteiger partial charge is 0.136 e. The van der Waals surface area contributed by atoms with E-state index in [-0.39, 0.29) is 5.75 Å². The van der Waals surface area contributed by atoms with Crippen molar-refractivity contribution in [1.82, 2.24) is 9.97 Å². The number of fused-ring (bicyclic) bond motifs is 3. The standard InChI is InChI=1S/C51H34N2O3/c1-32-25-40(49-24-23-48(55-49)38-20-21-42-41-17-8-9-18-50(41)56-51(42)31-38)29-44(52-32)36-15-10-16-37(26-36)45-27-39(34-13-6-3-7-14-34)28-46(53-45)43-22-19-35(30-47(43)54)33-11-4-2-5-12-33/h2-31,54H,1H3. The Morgan fingerprint density at radius 3 is 1.75 bits per heavy atom. The van der Waals surface area contributed by atoms with Crippen molar-refractivity contribution >= 4 is 21.9 Å². The van der Waals surface area contributed by atoms with Crippen molar-refractivity contribution in [2.45, 2.75) is 6.92 Å². The molecule has 0 atom stereocenters. The minimum absolute atomic E-state index is 0.177. The van der Waals surface area contributed by atoms with Crippen LogP contribution in [0.4, 0.5) is 0 Å². The quantitative estimate of drug-likeness (QED) is 0.177. The Balaban J connectivity index is 1.00. The second-order valence-corrected chi connectivity index (χ2v) is 14.0. The number of pyridine rings is 2. The summed E-state index contributed by atoms with van der Waals surface area (Å²) in [5.41, 5.74) is 13.4. The van der Waals surface area contributed by atoms with Gasteiger partial charge in [0.2, 0.25) is 0 Å². The zero-order valence-corrected chi connectivity index (χ0v) is 30.5. The van der Waals surface area contributed by atoms with Gasteiger partial charge < -0.3 is 13.9 Å². The summed E-state index contributed by atoms with van der Waals surface area (Å²) >= 11 is 0. The van der Waals surface area contributed by atoms with Crippen LogP contribution in [0.15, 0.2) is 191 Å². The first-order valence-corrected chi connectivity index (χ1v) is 18.6. The molecule has 0 radical (unpaired) electrons. The Bertz CT molecular complexity index is 3050. The normalized spacial score (nSPS) is 11.4. The summed E-state index contributed by atoms with van der Waals surface area (Å²) < 4.78 is 12.6. The monoisotopic (exact) mass is 722 g/mol. The highest BCUT2D eigenvalue weighted by molar-refractivity contribution is 6.05. The zero-order chi connectivity index (χ0) is 37.6. The van der Waals surface area contributed by atoms with E-state index in [2.05, 4.69) is 60.7 Å². The Hall–Kier alpha value is -7.50. The van der Waals surface area contributed by atoms with Crippen LogP contribution in [0.25, 0.3) is 101 Å². The average Bonchev–Trinajstić information content (AvgIpc) is 3.90. The molecule has 266 valence electrons. The topological polar surface area (TPSA) is 72.3 Å². The lowest BCUT2D eigenvalue weighted by Crippen LogP contribution is -1.93. The van der Waals surface area contributed by atoms with E-state index in [9.17, 15) is 5.11 Å². The van der Waals surface area contributed by atoms with Gasteiger partial charge in [0.1, 0.15) is 28.4 Å². The van der Waals surface area contributed by atoms with Crippen LogP contribution in [-0.2, 0) is 0 Å². The van der Waals surface area contributed by atoms with E-state index in [0.29, 0.717) is 11.3 Å². The molecule has 4 heterocycles. The number of rotatable bonds is 7. The minimum Gasteiger partial charge on any atom is -0.507 e. The fourth-order valence-electron chi connectivity index (χ4n) is 7.50. The van der Waals surface area contributed by atoms with Crippen molar-refractivity contribution < 1.29 is 13.9 Å². The molecule has 0 spiro atoms. The van der Waals surface area contributed by atoms with Gasteiger partial charge in [0.15, 0.2) is 0 Å². The van der Waals surface area contributed by atoms with Gasteiger partial charge in [0, 0.05) is 44.3 Å². The number of furan rings is 2. The van der Waals surface area contributed by atoms with Crippen molar-refractivity contribution in [3.8, 4) is 84.4 Å². The molecule has 0 aliphatic carbocycles. The SMILES string of the molecule is Cc1cc(-c2ccc(-c3ccc4c(c3)oc3ccccc34)o2)cc(-c2cccc(-c3cc(-c4ccccc4)cc(-c4ccc(-c5ccccc5)cc4O)n3)c2)n1. The molecule has 0 saturated heterocycles. The van der Waals surface area contributed by atoms with E-state index in [1.165, 1.54) is 0 Å². The summed E-state index contributed by atoms with van der Waals surface area (Å²) in [6.45, 7) is 2.00. The van der Waals surface area contributed by atoms with E-state index < -0.39 is 0 Å². The predicted octanol–water partition coefficient (Wildman–Crippen LogP) is 13.7. The van der Waals surface area contributed by atoms with E-state index in [4.69, 9.17) is 18.8 Å². The number of para-hydroxylation sites is 1. The first-order valence-electron chi connectivity index (χ1n) is 18.6. The third kappa shape index (κ3) is 6.21. The molecule has 6 aromatic carbocycles. The maximum absolute atomic E-state index is 11.3. The summed E-state index contributed by atoms with van der Waals surface area (Å²) in [7, 11) is 0. The largest absolute Gasteiger partial charge is 0.507 e. The predicted molar refractivity (Wildman–Crippen MR) is 226 cm³/mol. The molecule has 0 bridgehead atoms. The molecule has 1 N–H and O–H groups in total. The molecule has 56 heavy (non-hydrogen) atoms. The molecule has 0 amide bonds. The van der Waals surface area contributed by atoms with Gasteiger partial charge in [0.05, 0.1) is 17.1 Å². The number of aromatic hydroxyl groups is 1. The van der Waals surface area contributed by atoms with Gasteiger partial charge in [-0.05, 0) is 102 Å². The molecule has 0 saturated carbocycles. The highest BCUT2D eigenvalue weighted by atomic mass is 16.3. The molecule has 0 aliphatic rings. The molecule has 0 fully saturated rings. The molecule has 5 nitrogen and oxygen atoms in total. The lowest BCUT2D eigenvalue weighted by atomic mass is 9.97. The highest BCUT2D eigenvalue weighted by Gasteiger charge is 2.16.